The van der Waals surface area contributed by atoms with Crippen molar-refractivity contribution in [2.24, 2.45) is 0 Å². The minimum atomic E-state index is 0.475. The number of hydrogen-bond acceptors (Lipinski definition) is 6. The lowest BCUT2D eigenvalue weighted by molar-refractivity contribution is 0.872. The first-order valence-electron chi connectivity index (χ1n) is 4.94. The van der Waals surface area contributed by atoms with Crippen LogP contribution in [0.25, 0.3) is 0 Å². The SMILES string of the molecule is CN(Cc1cscn1)c1ncc(N)cc1C#N. The summed E-state index contributed by atoms with van der Waals surface area (Å²) in [5, 5.41) is 11.0. The normalized spacial score (nSPS) is 9.88. The van der Waals surface area contributed by atoms with E-state index in [2.05, 4.69) is 16.0 Å². The van der Waals surface area contributed by atoms with Gasteiger partial charge in [-0.2, -0.15) is 5.26 Å². The van der Waals surface area contributed by atoms with Crippen molar-refractivity contribution in [3.8, 4) is 6.07 Å². The quantitative estimate of drug-likeness (QED) is 0.889. The number of thiazole rings is 1. The smallest absolute Gasteiger partial charge is 0.146 e. The van der Waals surface area contributed by atoms with Gasteiger partial charge in [0.1, 0.15) is 11.9 Å². The highest BCUT2D eigenvalue weighted by Crippen LogP contribution is 2.19. The van der Waals surface area contributed by atoms with E-state index in [-0.39, 0.29) is 0 Å². The molecule has 2 rings (SSSR count). The minimum Gasteiger partial charge on any atom is -0.397 e. The molecule has 2 N–H and O–H groups in total. The Morgan fingerprint density at radius 3 is 3.00 bits per heavy atom. The average molecular weight is 245 g/mol. The van der Waals surface area contributed by atoms with Crippen LogP contribution in [0.15, 0.2) is 23.2 Å². The third-order valence-electron chi connectivity index (χ3n) is 2.25. The summed E-state index contributed by atoms with van der Waals surface area (Å²) in [4.78, 5) is 10.3. The minimum absolute atomic E-state index is 0.475. The number of aromatic nitrogens is 2. The molecule has 0 saturated carbocycles. The van der Waals surface area contributed by atoms with Gasteiger partial charge in [0.05, 0.1) is 35.2 Å². The van der Waals surface area contributed by atoms with Gasteiger partial charge in [0, 0.05) is 12.4 Å². The summed E-state index contributed by atoms with van der Waals surface area (Å²) in [6.45, 7) is 0.620. The molecule has 5 nitrogen and oxygen atoms in total. The summed E-state index contributed by atoms with van der Waals surface area (Å²) in [5.41, 5.74) is 9.30. The second kappa shape index (κ2) is 4.80. The molecule has 0 unspecified atom stereocenters. The van der Waals surface area contributed by atoms with Crippen LogP contribution in [0.3, 0.4) is 0 Å². The number of rotatable bonds is 3. The first-order chi connectivity index (χ1) is 8.20. The van der Waals surface area contributed by atoms with Crippen molar-refractivity contribution < 1.29 is 0 Å². The molecule has 0 spiro atoms. The zero-order valence-electron chi connectivity index (χ0n) is 9.29. The van der Waals surface area contributed by atoms with Crippen molar-refractivity contribution in [3.63, 3.8) is 0 Å². The van der Waals surface area contributed by atoms with Gasteiger partial charge < -0.3 is 10.6 Å². The Balaban J connectivity index is 2.25. The number of anilines is 2. The molecule has 2 heterocycles. The molecule has 0 aromatic carbocycles. The van der Waals surface area contributed by atoms with Gasteiger partial charge >= 0.3 is 0 Å². The molecule has 0 radical (unpaired) electrons. The Morgan fingerprint density at radius 2 is 2.35 bits per heavy atom. The molecule has 17 heavy (non-hydrogen) atoms. The van der Waals surface area contributed by atoms with Crippen LogP contribution >= 0.6 is 11.3 Å². The molecule has 6 heteroatoms. The predicted molar refractivity (Wildman–Crippen MR) is 67.6 cm³/mol. The van der Waals surface area contributed by atoms with E-state index >= 15 is 0 Å². The van der Waals surface area contributed by atoms with Gasteiger partial charge in [-0.25, -0.2) is 9.97 Å². The van der Waals surface area contributed by atoms with Crippen LogP contribution in [0, 0.1) is 11.3 Å². The Hall–Kier alpha value is -2.13. The topological polar surface area (TPSA) is 78.8 Å². The summed E-state index contributed by atoms with van der Waals surface area (Å²) in [7, 11) is 1.87. The fraction of sp³-hybridized carbons (Fsp3) is 0.182. The Morgan fingerprint density at radius 1 is 1.53 bits per heavy atom. The van der Waals surface area contributed by atoms with E-state index in [1.165, 1.54) is 0 Å². The van der Waals surface area contributed by atoms with Crippen molar-refractivity contribution in [1.29, 1.82) is 5.26 Å². The van der Waals surface area contributed by atoms with Crippen LogP contribution in [0.2, 0.25) is 0 Å². The second-order valence-corrected chi connectivity index (χ2v) is 4.31. The number of nitrogen functional groups attached to an aromatic ring is 1. The highest BCUT2D eigenvalue weighted by atomic mass is 32.1. The lowest BCUT2D eigenvalue weighted by Gasteiger charge is -2.18. The largest absolute Gasteiger partial charge is 0.397 e. The molecule has 0 atom stereocenters. The number of nitriles is 1. The van der Waals surface area contributed by atoms with Crippen LogP contribution in [-0.2, 0) is 6.54 Å². The molecule has 2 aromatic heterocycles. The molecule has 0 aliphatic carbocycles. The van der Waals surface area contributed by atoms with Crippen molar-refractivity contribution >= 4 is 22.8 Å². The summed E-state index contributed by atoms with van der Waals surface area (Å²) in [5.74, 6) is 0.620. The average Bonchev–Trinajstić information content (AvgIpc) is 2.81. The molecule has 0 fully saturated rings. The maximum Gasteiger partial charge on any atom is 0.146 e. The first kappa shape index (κ1) is 11.4. The molecule has 0 saturated heterocycles. The zero-order chi connectivity index (χ0) is 12.3. The van der Waals surface area contributed by atoms with E-state index in [9.17, 15) is 0 Å². The van der Waals surface area contributed by atoms with Crippen molar-refractivity contribution in [2.45, 2.75) is 6.54 Å². The van der Waals surface area contributed by atoms with Crippen molar-refractivity contribution in [2.75, 3.05) is 17.7 Å². The molecule has 0 aliphatic rings. The third kappa shape index (κ3) is 2.52. The Bertz CT molecular complexity index is 543. The molecule has 0 bridgehead atoms. The van der Waals surface area contributed by atoms with Crippen molar-refractivity contribution in [1.82, 2.24) is 9.97 Å². The summed E-state index contributed by atoms with van der Waals surface area (Å²) < 4.78 is 0. The van der Waals surface area contributed by atoms with E-state index in [1.807, 2.05) is 17.3 Å². The molecule has 86 valence electrons. The number of nitrogens with zero attached hydrogens (tertiary/aromatic N) is 4. The van der Waals surface area contributed by atoms with E-state index in [0.29, 0.717) is 23.6 Å². The lowest BCUT2D eigenvalue weighted by Crippen LogP contribution is -2.19. The highest BCUT2D eigenvalue weighted by Gasteiger charge is 2.10. The monoisotopic (exact) mass is 245 g/mol. The number of hydrogen-bond donors (Lipinski definition) is 1. The standard InChI is InChI=1S/C11H11N5S/c1-16(5-10-6-17-7-15-10)11-8(3-12)2-9(13)4-14-11/h2,4,6-7H,5,13H2,1H3. The van der Waals surface area contributed by atoms with Crippen LogP contribution < -0.4 is 10.6 Å². The van der Waals surface area contributed by atoms with Gasteiger partial charge in [-0.05, 0) is 6.07 Å². The Kier molecular flexibility index (Phi) is 3.21. The second-order valence-electron chi connectivity index (χ2n) is 3.59. The van der Waals surface area contributed by atoms with Gasteiger partial charge in [-0.1, -0.05) is 0 Å². The maximum absolute atomic E-state index is 9.03. The fourth-order valence-electron chi connectivity index (χ4n) is 1.49. The van der Waals surface area contributed by atoms with Crippen LogP contribution in [-0.4, -0.2) is 17.0 Å². The first-order valence-corrected chi connectivity index (χ1v) is 5.89. The molecular formula is C11H11N5S. The van der Waals surface area contributed by atoms with Gasteiger partial charge in [-0.15, -0.1) is 11.3 Å². The van der Waals surface area contributed by atoms with E-state index < -0.39 is 0 Å². The summed E-state index contributed by atoms with van der Waals surface area (Å²) in [6.07, 6.45) is 1.55. The predicted octanol–water partition coefficient (Wildman–Crippen LogP) is 1.63. The molecule has 0 amide bonds. The van der Waals surface area contributed by atoms with Crippen molar-refractivity contribution in [3.05, 3.63) is 34.4 Å². The van der Waals surface area contributed by atoms with Crippen LogP contribution in [0.1, 0.15) is 11.3 Å². The molecule has 2 aromatic rings. The number of pyridine rings is 1. The lowest BCUT2D eigenvalue weighted by atomic mass is 10.2. The van der Waals surface area contributed by atoms with E-state index in [0.717, 1.165) is 5.69 Å². The van der Waals surface area contributed by atoms with Crippen LogP contribution in [0.4, 0.5) is 11.5 Å². The van der Waals surface area contributed by atoms with Gasteiger partial charge in [-0.3, -0.25) is 0 Å². The third-order valence-corrected chi connectivity index (χ3v) is 2.89. The number of nitrogens with two attached hydrogens (primary N) is 1. The summed E-state index contributed by atoms with van der Waals surface area (Å²) in [6, 6.07) is 3.72. The molecular weight excluding hydrogens is 234 g/mol. The Labute approximate surface area is 103 Å². The van der Waals surface area contributed by atoms with Gasteiger partial charge in [0.2, 0.25) is 0 Å². The van der Waals surface area contributed by atoms with E-state index in [4.69, 9.17) is 11.0 Å². The van der Waals surface area contributed by atoms with Gasteiger partial charge in [0.25, 0.3) is 0 Å². The fourth-order valence-corrected chi connectivity index (χ4v) is 2.04. The summed E-state index contributed by atoms with van der Waals surface area (Å²) >= 11 is 1.55. The van der Waals surface area contributed by atoms with Crippen LogP contribution in [0.5, 0.6) is 0 Å². The van der Waals surface area contributed by atoms with Gasteiger partial charge in [0.15, 0.2) is 0 Å². The maximum atomic E-state index is 9.03. The van der Waals surface area contributed by atoms with E-state index in [1.54, 1.807) is 29.1 Å². The zero-order valence-corrected chi connectivity index (χ0v) is 10.1. The molecule has 0 aliphatic heterocycles. The highest BCUT2D eigenvalue weighted by molar-refractivity contribution is 7.07.